The van der Waals surface area contributed by atoms with E-state index in [2.05, 4.69) is 11.9 Å². The maximum atomic E-state index is 11.5. The van der Waals surface area contributed by atoms with E-state index >= 15 is 0 Å². The van der Waals surface area contributed by atoms with Crippen molar-refractivity contribution in [3.8, 4) is 0 Å². The molecule has 0 saturated heterocycles. The molecule has 0 heterocycles. The van der Waals surface area contributed by atoms with Crippen LogP contribution in [0.2, 0.25) is 0 Å². The van der Waals surface area contributed by atoms with Crippen LogP contribution in [0.5, 0.6) is 0 Å². The number of aliphatic hydroxyl groups excluding tert-OH is 1. The molecule has 0 aliphatic heterocycles. The van der Waals surface area contributed by atoms with Crippen LogP contribution in [0, 0.1) is 0 Å². The SMILES string of the molecule is C=Cc1ccccc1[C@H](O)[C@H](C)OC(=O)NC1CC1. The highest BCUT2D eigenvalue weighted by atomic mass is 16.6. The fourth-order valence-corrected chi connectivity index (χ4v) is 1.88. The average molecular weight is 261 g/mol. The highest BCUT2D eigenvalue weighted by Gasteiger charge is 2.27. The van der Waals surface area contributed by atoms with Crippen LogP contribution >= 0.6 is 0 Å². The standard InChI is InChI=1S/C15H19NO3/c1-3-11-6-4-5-7-13(11)14(17)10(2)19-15(18)16-12-8-9-12/h3-7,10,12,14,17H,1,8-9H2,2H3,(H,16,18)/t10-,14+/m0/s1. The minimum absolute atomic E-state index is 0.248. The van der Waals surface area contributed by atoms with Crippen LogP contribution in [0.25, 0.3) is 6.08 Å². The third-order valence-electron chi connectivity index (χ3n) is 3.17. The molecule has 0 radical (unpaired) electrons. The van der Waals surface area contributed by atoms with E-state index in [1.54, 1.807) is 19.1 Å². The Labute approximate surface area is 113 Å². The van der Waals surface area contributed by atoms with Crippen molar-refractivity contribution in [2.75, 3.05) is 0 Å². The van der Waals surface area contributed by atoms with Gasteiger partial charge in [-0.15, -0.1) is 0 Å². The first kappa shape index (κ1) is 13.6. The molecule has 19 heavy (non-hydrogen) atoms. The number of aliphatic hydroxyl groups is 1. The Hall–Kier alpha value is -1.81. The minimum atomic E-state index is -0.862. The second-order valence-electron chi connectivity index (χ2n) is 4.81. The van der Waals surface area contributed by atoms with Crippen LogP contribution in [-0.4, -0.2) is 23.3 Å². The van der Waals surface area contributed by atoms with Gasteiger partial charge >= 0.3 is 6.09 Å². The van der Waals surface area contributed by atoms with Gasteiger partial charge in [0.05, 0.1) is 0 Å². The highest BCUT2D eigenvalue weighted by molar-refractivity contribution is 5.68. The van der Waals surface area contributed by atoms with E-state index in [1.165, 1.54) is 0 Å². The summed E-state index contributed by atoms with van der Waals surface area (Å²) in [6, 6.07) is 7.63. The van der Waals surface area contributed by atoms with Gasteiger partial charge in [-0.25, -0.2) is 4.79 Å². The van der Waals surface area contributed by atoms with Crippen LogP contribution in [0.1, 0.15) is 37.0 Å². The molecule has 1 saturated carbocycles. The first-order valence-corrected chi connectivity index (χ1v) is 6.48. The summed E-state index contributed by atoms with van der Waals surface area (Å²) in [5, 5.41) is 13.0. The lowest BCUT2D eigenvalue weighted by molar-refractivity contribution is 0.0116. The van der Waals surface area contributed by atoms with E-state index in [4.69, 9.17) is 4.74 Å². The molecule has 2 rings (SSSR count). The molecule has 1 aromatic rings. The van der Waals surface area contributed by atoms with Crippen molar-refractivity contribution in [1.82, 2.24) is 5.32 Å². The van der Waals surface area contributed by atoms with Crippen molar-refractivity contribution in [3.05, 3.63) is 42.0 Å². The van der Waals surface area contributed by atoms with Crippen molar-refractivity contribution in [3.63, 3.8) is 0 Å². The summed E-state index contributed by atoms with van der Waals surface area (Å²) in [6.07, 6.45) is 1.75. The summed E-state index contributed by atoms with van der Waals surface area (Å²) in [6.45, 7) is 5.39. The number of hydrogen-bond acceptors (Lipinski definition) is 3. The van der Waals surface area contributed by atoms with Gasteiger partial charge in [0.1, 0.15) is 12.2 Å². The van der Waals surface area contributed by atoms with E-state index in [0.717, 1.165) is 18.4 Å². The molecule has 2 atom stereocenters. The second kappa shape index (κ2) is 5.89. The van der Waals surface area contributed by atoms with Gasteiger partial charge < -0.3 is 15.2 Å². The van der Waals surface area contributed by atoms with Gasteiger partial charge in [-0.3, -0.25) is 0 Å². The minimum Gasteiger partial charge on any atom is -0.443 e. The monoisotopic (exact) mass is 261 g/mol. The van der Waals surface area contributed by atoms with E-state index < -0.39 is 18.3 Å². The van der Waals surface area contributed by atoms with Gasteiger partial charge in [0.15, 0.2) is 0 Å². The zero-order valence-corrected chi connectivity index (χ0v) is 11.0. The highest BCUT2D eigenvalue weighted by Crippen LogP contribution is 2.24. The number of hydrogen-bond donors (Lipinski definition) is 2. The molecule has 102 valence electrons. The predicted molar refractivity (Wildman–Crippen MR) is 73.6 cm³/mol. The number of rotatable bonds is 5. The molecule has 0 spiro atoms. The fraction of sp³-hybridized carbons (Fsp3) is 0.400. The van der Waals surface area contributed by atoms with Gasteiger partial charge in [-0.2, -0.15) is 0 Å². The Morgan fingerprint density at radius 1 is 1.53 bits per heavy atom. The molecule has 2 N–H and O–H groups in total. The van der Waals surface area contributed by atoms with Crippen LogP contribution in [0.3, 0.4) is 0 Å². The summed E-state index contributed by atoms with van der Waals surface area (Å²) in [7, 11) is 0. The first-order chi connectivity index (χ1) is 9.11. The number of benzene rings is 1. The second-order valence-corrected chi connectivity index (χ2v) is 4.81. The molecule has 0 bridgehead atoms. The van der Waals surface area contributed by atoms with Gasteiger partial charge in [0, 0.05) is 6.04 Å². The first-order valence-electron chi connectivity index (χ1n) is 6.48. The lowest BCUT2D eigenvalue weighted by Crippen LogP contribution is -2.32. The van der Waals surface area contributed by atoms with Crippen molar-refractivity contribution >= 4 is 12.2 Å². The molecule has 0 aromatic heterocycles. The Morgan fingerprint density at radius 2 is 2.21 bits per heavy atom. The summed E-state index contributed by atoms with van der Waals surface area (Å²) < 4.78 is 5.18. The Bertz CT molecular complexity index is 468. The molecule has 1 amide bonds. The van der Waals surface area contributed by atoms with Gasteiger partial charge in [0.2, 0.25) is 0 Å². The molecule has 1 aromatic carbocycles. The fourth-order valence-electron chi connectivity index (χ4n) is 1.88. The number of ether oxygens (including phenoxy) is 1. The van der Waals surface area contributed by atoms with Gasteiger partial charge in [-0.05, 0) is 30.9 Å². The maximum absolute atomic E-state index is 11.5. The van der Waals surface area contributed by atoms with Crippen molar-refractivity contribution in [1.29, 1.82) is 0 Å². The number of alkyl carbamates (subject to hydrolysis) is 1. The molecule has 0 unspecified atom stereocenters. The van der Waals surface area contributed by atoms with Crippen molar-refractivity contribution in [2.24, 2.45) is 0 Å². The normalized spacial score (nSPS) is 17.4. The van der Waals surface area contributed by atoms with Crippen molar-refractivity contribution in [2.45, 2.75) is 38.0 Å². The summed E-state index contributed by atoms with van der Waals surface area (Å²) in [5.41, 5.74) is 1.55. The lowest BCUT2D eigenvalue weighted by Gasteiger charge is -2.21. The Morgan fingerprint density at radius 3 is 2.84 bits per heavy atom. The molecule has 1 fully saturated rings. The third kappa shape index (κ3) is 3.58. The number of nitrogens with one attached hydrogen (secondary N) is 1. The van der Waals surface area contributed by atoms with E-state index in [-0.39, 0.29) is 6.04 Å². The molecular formula is C15H19NO3. The van der Waals surface area contributed by atoms with Gasteiger partial charge in [-0.1, -0.05) is 36.9 Å². The Kier molecular flexibility index (Phi) is 4.22. The van der Waals surface area contributed by atoms with Crippen LogP contribution in [0.15, 0.2) is 30.8 Å². The average Bonchev–Trinajstić information content (AvgIpc) is 3.21. The Balaban J connectivity index is 1.98. The third-order valence-corrected chi connectivity index (χ3v) is 3.17. The van der Waals surface area contributed by atoms with Crippen LogP contribution < -0.4 is 5.32 Å². The van der Waals surface area contributed by atoms with Crippen LogP contribution in [-0.2, 0) is 4.74 Å². The molecular weight excluding hydrogens is 242 g/mol. The summed E-state index contributed by atoms with van der Waals surface area (Å²) in [4.78, 5) is 11.5. The maximum Gasteiger partial charge on any atom is 0.407 e. The molecule has 4 nitrogen and oxygen atoms in total. The number of amides is 1. The lowest BCUT2D eigenvalue weighted by atomic mass is 9.99. The quantitative estimate of drug-likeness (QED) is 0.856. The predicted octanol–water partition coefficient (Wildman–Crippen LogP) is 2.64. The summed E-state index contributed by atoms with van der Waals surface area (Å²) in [5.74, 6) is 0. The molecule has 4 heteroatoms. The smallest absolute Gasteiger partial charge is 0.407 e. The zero-order chi connectivity index (χ0) is 13.8. The summed E-state index contributed by atoms with van der Waals surface area (Å²) >= 11 is 0. The van der Waals surface area contributed by atoms with Crippen molar-refractivity contribution < 1.29 is 14.6 Å². The largest absolute Gasteiger partial charge is 0.443 e. The topological polar surface area (TPSA) is 58.6 Å². The van der Waals surface area contributed by atoms with E-state index in [9.17, 15) is 9.90 Å². The molecule has 1 aliphatic carbocycles. The van der Waals surface area contributed by atoms with E-state index in [1.807, 2.05) is 18.2 Å². The number of carbonyl (C=O) groups excluding carboxylic acids is 1. The zero-order valence-electron chi connectivity index (χ0n) is 11.0. The van der Waals surface area contributed by atoms with Gasteiger partial charge in [0.25, 0.3) is 0 Å². The molecule has 1 aliphatic rings. The van der Waals surface area contributed by atoms with E-state index in [0.29, 0.717) is 5.56 Å². The number of carbonyl (C=O) groups is 1. The van der Waals surface area contributed by atoms with Crippen LogP contribution in [0.4, 0.5) is 4.79 Å².